The van der Waals surface area contributed by atoms with Gasteiger partial charge in [-0.05, 0) is 6.07 Å². The topological polar surface area (TPSA) is 9.23 Å². The van der Waals surface area contributed by atoms with Crippen molar-refractivity contribution in [2.24, 2.45) is 0 Å². The van der Waals surface area contributed by atoms with Gasteiger partial charge in [0.25, 0.3) is 0 Å². The number of thiol groups is 1. The summed E-state index contributed by atoms with van der Waals surface area (Å²) in [6, 6.07) is 5.77. The lowest BCUT2D eigenvalue weighted by Crippen LogP contribution is -1.76. The second-order valence-corrected chi connectivity index (χ2v) is 4.40. The molecule has 13 heavy (non-hydrogen) atoms. The molecule has 1 nitrogen and oxygen atoms in total. The predicted molar refractivity (Wildman–Crippen MR) is 60.6 cm³/mol. The van der Waals surface area contributed by atoms with E-state index in [9.17, 15) is 0 Å². The van der Waals surface area contributed by atoms with Crippen LogP contribution in [0.2, 0.25) is 5.02 Å². The lowest BCUT2D eigenvalue weighted by molar-refractivity contribution is 0.419. The van der Waals surface area contributed by atoms with Crippen LogP contribution < -0.4 is 4.74 Å². The number of benzene rings is 1. The van der Waals surface area contributed by atoms with E-state index in [1.807, 2.05) is 18.2 Å². The molecule has 0 bridgehead atoms. The van der Waals surface area contributed by atoms with E-state index in [4.69, 9.17) is 16.3 Å². The molecule has 0 saturated heterocycles. The Kier molecular flexibility index (Phi) is 2.41. The first kappa shape index (κ1) is 9.19. The van der Waals surface area contributed by atoms with Gasteiger partial charge in [-0.2, -0.15) is 0 Å². The van der Waals surface area contributed by atoms with Gasteiger partial charge in [0.1, 0.15) is 0 Å². The van der Waals surface area contributed by atoms with Crippen molar-refractivity contribution in [1.82, 2.24) is 0 Å². The molecule has 4 heteroatoms. The van der Waals surface area contributed by atoms with Crippen LogP contribution in [0, 0.1) is 0 Å². The van der Waals surface area contributed by atoms with Crippen molar-refractivity contribution in [2.75, 3.05) is 7.11 Å². The molecule has 0 aliphatic heterocycles. The minimum absolute atomic E-state index is 0.751. The van der Waals surface area contributed by atoms with Crippen LogP contribution in [-0.4, -0.2) is 7.11 Å². The number of ether oxygens (including phenoxy) is 1. The molecular weight excluding hydrogens is 224 g/mol. The maximum Gasteiger partial charge on any atom is 0.188 e. The smallest absolute Gasteiger partial charge is 0.188 e. The molecule has 0 spiro atoms. The summed E-state index contributed by atoms with van der Waals surface area (Å²) < 4.78 is 6.20. The van der Waals surface area contributed by atoms with Gasteiger partial charge in [0.05, 0.1) is 21.7 Å². The Morgan fingerprint density at radius 2 is 2.23 bits per heavy atom. The van der Waals surface area contributed by atoms with Crippen molar-refractivity contribution < 1.29 is 4.74 Å². The van der Waals surface area contributed by atoms with Crippen LogP contribution in [0.15, 0.2) is 23.1 Å². The van der Waals surface area contributed by atoms with Gasteiger partial charge in [-0.1, -0.05) is 35.1 Å². The number of halogens is 1. The van der Waals surface area contributed by atoms with Gasteiger partial charge in [0, 0.05) is 5.39 Å². The third-order valence-electron chi connectivity index (χ3n) is 1.80. The molecule has 0 N–H and O–H groups in total. The van der Waals surface area contributed by atoms with Gasteiger partial charge in [-0.15, -0.1) is 12.6 Å². The zero-order valence-corrected chi connectivity index (χ0v) is 9.34. The molecule has 1 heterocycles. The monoisotopic (exact) mass is 230 g/mol. The Bertz CT molecular complexity index is 450. The second kappa shape index (κ2) is 3.40. The third kappa shape index (κ3) is 1.41. The maximum atomic E-state index is 6.02. The molecule has 1 aromatic carbocycles. The molecule has 0 amide bonds. The van der Waals surface area contributed by atoms with Crippen LogP contribution in [0.25, 0.3) is 10.1 Å². The highest BCUT2D eigenvalue weighted by Gasteiger charge is 2.10. The Morgan fingerprint density at radius 3 is 2.85 bits per heavy atom. The predicted octanol–water partition coefficient (Wildman–Crippen LogP) is 3.85. The summed E-state index contributed by atoms with van der Waals surface area (Å²) in [4.78, 5) is 0.866. The first-order valence-electron chi connectivity index (χ1n) is 3.68. The van der Waals surface area contributed by atoms with E-state index in [0.29, 0.717) is 0 Å². The zero-order valence-electron chi connectivity index (χ0n) is 6.87. The number of fused-ring (bicyclic) bond motifs is 1. The number of hydrogen-bond acceptors (Lipinski definition) is 3. The molecule has 0 atom stereocenters. The fraction of sp³-hybridized carbons (Fsp3) is 0.111. The van der Waals surface area contributed by atoms with Crippen molar-refractivity contribution in [3.05, 3.63) is 23.2 Å². The Labute approximate surface area is 90.7 Å². The summed E-state index contributed by atoms with van der Waals surface area (Å²) in [5.74, 6) is 0. The summed E-state index contributed by atoms with van der Waals surface area (Å²) >= 11 is 11.9. The summed E-state index contributed by atoms with van der Waals surface area (Å²) in [5, 5.41) is 2.62. The molecule has 0 radical (unpaired) electrons. The summed E-state index contributed by atoms with van der Waals surface area (Å²) in [6.07, 6.45) is 0. The molecule has 0 aliphatic rings. The SMILES string of the molecule is COc1sc2c(Cl)cccc2c1S. The molecule has 2 aromatic rings. The van der Waals surface area contributed by atoms with Crippen molar-refractivity contribution >= 4 is 45.7 Å². The largest absolute Gasteiger partial charge is 0.486 e. The minimum Gasteiger partial charge on any atom is -0.486 e. The Morgan fingerprint density at radius 1 is 1.46 bits per heavy atom. The van der Waals surface area contributed by atoms with E-state index in [2.05, 4.69) is 12.6 Å². The standard InChI is InChI=1S/C9H7ClOS2/c1-11-9-7(12)5-3-2-4-6(10)8(5)13-9/h2-4,12H,1H3. The van der Waals surface area contributed by atoms with Crippen LogP contribution in [-0.2, 0) is 0 Å². The second-order valence-electron chi connectivity index (χ2n) is 2.56. The highest BCUT2D eigenvalue weighted by Crippen LogP contribution is 2.42. The third-order valence-corrected chi connectivity index (χ3v) is 4.02. The van der Waals surface area contributed by atoms with E-state index in [-0.39, 0.29) is 0 Å². The fourth-order valence-electron chi connectivity index (χ4n) is 1.19. The molecule has 2 rings (SSSR count). The highest BCUT2D eigenvalue weighted by molar-refractivity contribution is 7.81. The average Bonchev–Trinajstić information content (AvgIpc) is 2.45. The van der Waals surface area contributed by atoms with Crippen molar-refractivity contribution in [3.8, 4) is 5.06 Å². The van der Waals surface area contributed by atoms with Crippen LogP contribution in [0.3, 0.4) is 0 Å². The lowest BCUT2D eigenvalue weighted by atomic mass is 10.3. The van der Waals surface area contributed by atoms with Crippen LogP contribution in [0.5, 0.6) is 5.06 Å². The molecule has 1 aromatic heterocycles. The van der Waals surface area contributed by atoms with Gasteiger partial charge in [0.2, 0.25) is 0 Å². The maximum absolute atomic E-state index is 6.02. The van der Waals surface area contributed by atoms with Crippen LogP contribution in [0.4, 0.5) is 0 Å². The van der Waals surface area contributed by atoms with E-state index < -0.39 is 0 Å². The Hall–Kier alpha value is -0.380. The van der Waals surface area contributed by atoms with E-state index in [1.54, 1.807) is 7.11 Å². The molecule has 0 saturated carbocycles. The summed E-state index contributed by atoms with van der Waals surface area (Å²) in [5.41, 5.74) is 0. The van der Waals surface area contributed by atoms with E-state index >= 15 is 0 Å². The summed E-state index contributed by atoms with van der Waals surface area (Å²) in [7, 11) is 1.64. The fourth-order valence-corrected chi connectivity index (χ4v) is 2.89. The van der Waals surface area contributed by atoms with Crippen molar-refractivity contribution in [3.63, 3.8) is 0 Å². The quantitative estimate of drug-likeness (QED) is 0.733. The van der Waals surface area contributed by atoms with Gasteiger partial charge < -0.3 is 4.74 Å². The number of rotatable bonds is 1. The molecule has 68 valence electrons. The minimum atomic E-state index is 0.751. The Balaban J connectivity index is 2.83. The molecular formula is C9H7ClOS2. The van der Waals surface area contributed by atoms with E-state index in [0.717, 1.165) is 25.1 Å². The number of thiophene rings is 1. The van der Waals surface area contributed by atoms with Gasteiger partial charge in [-0.25, -0.2) is 0 Å². The zero-order chi connectivity index (χ0) is 9.42. The molecule has 0 aliphatic carbocycles. The van der Waals surface area contributed by atoms with Gasteiger partial charge in [-0.3, -0.25) is 0 Å². The summed E-state index contributed by atoms with van der Waals surface area (Å²) in [6.45, 7) is 0. The first-order chi connectivity index (χ1) is 6.24. The first-order valence-corrected chi connectivity index (χ1v) is 5.32. The van der Waals surface area contributed by atoms with Crippen molar-refractivity contribution in [1.29, 1.82) is 0 Å². The van der Waals surface area contributed by atoms with Gasteiger partial charge in [0.15, 0.2) is 5.06 Å². The number of methoxy groups -OCH3 is 1. The number of hydrogen-bond donors (Lipinski definition) is 1. The molecule has 0 fully saturated rings. The lowest BCUT2D eigenvalue weighted by Gasteiger charge is -1.93. The van der Waals surface area contributed by atoms with Gasteiger partial charge >= 0.3 is 0 Å². The molecule has 0 unspecified atom stereocenters. The van der Waals surface area contributed by atoms with Crippen molar-refractivity contribution in [2.45, 2.75) is 4.90 Å². The van der Waals surface area contributed by atoms with Crippen LogP contribution >= 0.6 is 35.6 Å². The van der Waals surface area contributed by atoms with Crippen LogP contribution in [0.1, 0.15) is 0 Å². The average molecular weight is 231 g/mol. The normalized spacial score (nSPS) is 10.7. The highest BCUT2D eigenvalue weighted by atomic mass is 35.5. The van der Waals surface area contributed by atoms with E-state index in [1.165, 1.54) is 11.3 Å².